The first-order valence-electron chi connectivity index (χ1n) is 10.8. The number of pyridine rings is 1. The Kier molecular flexibility index (Phi) is 7.16. The first-order valence-corrected chi connectivity index (χ1v) is 12.7. The van der Waals surface area contributed by atoms with Gasteiger partial charge in [0.1, 0.15) is 18.1 Å². The van der Waals surface area contributed by atoms with Crippen LogP contribution < -0.4 is 10.1 Å². The summed E-state index contributed by atoms with van der Waals surface area (Å²) in [6.45, 7) is 0.0349. The van der Waals surface area contributed by atoms with E-state index in [2.05, 4.69) is 20.1 Å². The molecule has 13 heteroatoms. The summed E-state index contributed by atoms with van der Waals surface area (Å²) in [6.07, 6.45) is -2.51. The number of nitrogens with zero attached hydrogens (tertiary/aromatic N) is 3. The number of amides is 1. The number of sulfone groups is 1. The quantitative estimate of drug-likeness (QED) is 0.459. The molecule has 4 rings (SSSR count). The topological polar surface area (TPSA) is 101 Å². The van der Waals surface area contributed by atoms with Crippen molar-refractivity contribution in [2.45, 2.75) is 17.2 Å². The van der Waals surface area contributed by atoms with Gasteiger partial charge in [0.25, 0.3) is 0 Å². The molecule has 1 amide bonds. The number of benzene rings is 2. The number of aromatic nitrogens is 1. The molecular weight excluding hydrogens is 516 g/mol. The molecule has 1 atom stereocenters. The lowest BCUT2D eigenvalue weighted by molar-refractivity contribution is -0.274. The molecule has 0 saturated carbocycles. The number of ether oxygens (including phenoxy) is 1. The molecule has 1 aliphatic rings. The SMILES string of the molecule is CS(=O)(=O)c1ccc(C2CN(CC(=O)Nc3ccc(OC(F)(F)F)cc3)N=C2c2ccc(F)cc2)nc1. The maximum atomic E-state index is 13.5. The second-order valence-corrected chi connectivity index (χ2v) is 10.2. The van der Waals surface area contributed by atoms with Crippen molar-refractivity contribution in [3.8, 4) is 5.75 Å². The molecule has 2 heterocycles. The van der Waals surface area contributed by atoms with E-state index in [-0.39, 0.29) is 23.7 Å². The lowest BCUT2D eigenvalue weighted by Gasteiger charge is -2.16. The van der Waals surface area contributed by atoms with Gasteiger partial charge in [0.15, 0.2) is 9.84 Å². The van der Waals surface area contributed by atoms with E-state index >= 15 is 0 Å². The van der Waals surface area contributed by atoms with Crippen LogP contribution in [0.4, 0.5) is 23.2 Å². The fourth-order valence-electron chi connectivity index (χ4n) is 3.70. The molecule has 194 valence electrons. The number of alkyl halides is 3. The monoisotopic (exact) mass is 536 g/mol. The third-order valence-electron chi connectivity index (χ3n) is 5.35. The van der Waals surface area contributed by atoms with Crippen molar-refractivity contribution in [1.82, 2.24) is 9.99 Å². The fraction of sp³-hybridized carbons (Fsp3) is 0.208. The van der Waals surface area contributed by atoms with Gasteiger partial charge in [0.2, 0.25) is 5.91 Å². The number of hydrogen-bond donors (Lipinski definition) is 1. The summed E-state index contributed by atoms with van der Waals surface area (Å²) in [7, 11) is -3.44. The van der Waals surface area contributed by atoms with E-state index in [9.17, 15) is 30.8 Å². The van der Waals surface area contributed by atoms with Gasteiger partial charge in [-0.2, -0.15) is 5.10 Å². The number of anilines is 1. The summed E-state index contributed by atoms with van der Waals surface area (Å²) in [5.74, 6) is -1.77. The van der Waals surface area contributed by atoms with Gasteiger partial charge in [-0.1, -0.05) is 12.1 Å². The zero-order chi connectivity index (χ0) is 26.8. The Labute approximate surface area is 209 Å². The lowest BCUT2D eigenvalue weighted by atomic mass is 9.94. The van der Waals surface area contributed by atoms with Crippen LogP contribution in [-0.4, -0.2) is 55.7 Å². The Balaban J connectivity index is 1.50. The molecule has 1 aromatic heterocycles. The highest BCUT2D eigenvalue weighted by Gasteiger charge is 2.32. The van der Waals surface area contributed by atoms with Crippen LogP contribution in [-0.2, 0) is 14.6 Å². The predicted octanol–water partition coefficient (Wildman–Crippen LogP) is 3.97. The molecule has 8 nitrogen and oxygen atoms in total. The Morgan fingerprint density at radius 2 is 1.76 bits per heavy atom. The Hall–Kier alpha value is -4.00. The number of carbonyl (C=O) groups is 1. The fourth-order valence-corrected chi connectivity index (χ4v) is 4.26. The maximum Gasteiger partial charge on any atom is 0.573 e. The largest absolute Gasteiger partial charge is 0.573 e. The van der Waals surface area contributed by atoms with Crippen LogP contribution in [0.3, 0.4) is 0 Å². The standard InChI is InChI=1S/C24H20F4N4O4S/c1-37(34,35)19-10-11-21(29-12-19)20-13-32(31-23(20)15-2-4-16(25)5-3-15)14-22(33)30-17-6-8-18(9-7-17)36-24(26,27)28/h2-12,20H,13-14H2,1H3,(H,30,33). The van der Waals surface area contributed by atoms with Crippen molar-refractivity contribution in [3.05, 3.63) is 83.9 Å². The number of rotatable bonds is 7. The van der Waals surface area contributed by atoms with Crippen LogP contribution in [0.15, 0.2) is 76.9 Å². The second-order valence-electron chi connectivity index (χ2n) is 8.20. The van der Waals surface area contributed by atoms with Crippen LogP contribution >= 0.6 is 0 Å². The van der Waals surface area contributed by atoms with Crippen LogP contribution in [0.25, 0.3) is 0 Å². The average molecular weight is 537 g/mol. The average Bonchev–Trinajstić information content (AvgIpc) is 3.23. The molecule has 1 unspecified atom stereocenters. The van der Waals surface area contributed by atoms with Gasteiger partial charge >= 0.3 is 6.36 Å². The molecule has 0 bridgehead atoms. The first-order chi connectivity index (χ1) is 17.4. The van der Waals surface area contributed by atoms with E-state index in [0.717, 1.165) is 18.4 Å². The number of hydrazone groups is 1. The zero-order valence-corrected chi connectivity index (χ0v) is 20.1. The van der Waals surface area contributed by atoms with Crippen molar-refractivity contribution in [2.24, 2.45) is 5.10 Å². The van der Waals surface area contributed by atoms with Crippen molar-refractivity contribution in [2.75, 3.05) is 24.7 Å². The van der Waals surface area contributed by atoms with E-state index in [1.54, 1.807) is 18.2 Å². The van der Waals surface area contributed by atoms with E-state index in [1.165, 1.54) is 41.5 Å². The normalized spacial score (nSPS) is 15.9. The third-order valence-corrected chi connectivity index (χ3v) is 6.45. The minimum Gasteiger partial charge on any atom is -0.406 e. The molecule has 1 aliphatic heterocycles. The summed E-state index contributed by atoms with van der Waals surface area (Å²) in [5, 5.41) is 8.58. The summed E-state index contributed by atoms with van der Waals surface area (Å²) in [5.41, 5.74) is 1.89. The molecule has 0 aliphatic carbocycles. The minimum absolute atomic E-state index is 0.0532. The molecule has 3 aromatic rings. The maximum absolute atomic E-state index is 13.5. The molecular formula is C24H20F4N4O4S. The molecule has 2 aromatic carbocycles. The van der Waals surface area contributed by atoms with Crippen molar-refractivity contribution in [3.63, 3.8) is 0 Å². The molecule has 1 N–H and O–H groups in total. The Morgan fingerprint density at radius 3 is 2.32 bits per heavy atom. The smallest absolute Gasteiger partial charge is 0.406 e. The number of nitrogens with one attached hydrogen (secondary N) is 1. The van der Waals surface area contributed by atoms with E-state index < -0.39 is 39.6 Å². The highest BCUT2D eigenvalue weighted by atomic mass is 32.2. The number of hydrogen-bond acceptors (Lipinski definition) is 7. The van der Waals surface area contributed by atoms with E-state index in [4.69, 9.17) is 0 Å². The lowest BCUT2D eigenvalue weighted by Crippen LogP contribution is -2.29. The van der Waals surface area contributed by atoms with Gasteiger partial charge in [0.05, 0.1) is 28.8 Å². The van der Waals surface area contributed by atoms with Crippen LogP contribution in [0.5, 0.6) is 5.75 Å². The van der Waals surface area contributed by atoms with Crippen LogP contribution in [0.2, 0.25) is 0 Å². The Morgan fingerprint density at radius 1 is 1.08 bits per heavy atom. The van der Waals surface area contributed by atoms with Crippen molar-refractivity contribution in [1.29, 1.82) is 0 Å². The zero-order valence-electron chi connectivity index (χ0n) is 19.2. The van der Waals surface area contributed by atoms with Gasteiger partial charge in [-0.15, -0.1) is 13.2 Å². The second kappa shape index (κ2) is 10.2. The molecule has 0 spiro atoms. The van der Waals surface area contributed by atoms with Gasteiger partial charge < -0.3 is 10.1 Å². The molecule has 37 heavy (non-hydrogen) atoms. The van der Waals surface area contributed by atoms with E-state index in [1.807, 2.05) is 0 Å². The minimum atomic E-state index is -4.82. The number of halogens is 4. The Bertz CT molecular complexity index is 1410. The number of carbonyl (C=O) groups excluding carboxylic acids is 1. The van der Waals surface area contributed by atoms with Crippen LogP contribution in [0, 0.1) is 5.82 Å². The summed E-state index contributed by atoms with van der Waals surface area (Å²) >= 11 is 0. The predicted molar refractivity (Wildman–Crippen MR) is 126 cm³/mol. The molecule has 0 fully saturated rings. The highest BCUT2D eigenvalue weighted by Crippen LogP contribution is 2.29. The summed E-state index contributed by atoms with van der Waals surface area (Å²) in [6, 6.07) is 13.3. The summed E-state index contributed by atoms with van der Waals surface area (Å²) < 4.78 is 77.8. The first kappa shape index (κ1) is 26.1. The van der Waals surface area contributed by atoms with Crippen molar-refractivity contribution >= 4 is 27.1 Å². The molecule has 0 radical (unpaired) electrons. The van der Waals surface area contributed by atoms with Gasteiger partial charge in [-0.05, 0) is 54.1 Å². The highest BCUT2D eigenvalue weighted by molar-refractivity contribution is 7.90. The van der Waals surface area contributed by atoms with Crippen molar-refractivity contribution < 1.29 is 35.5 Å². The van der Waals surface area contributed by atoms with Gasteiger partial charge in [-0.3, -0.25) is 14.8 Å². The van der Waals surface area contributed by atoms with E-state index in [0.29, 0.717) is 17.0 Å². The van der Waals surface area contributed by atoms with Gasteiger partial charge in [0, 0.05) is 18.1 Å². The van der Waals surface area contributed by atoms with Gasteiger partial charge in [-0.25, -0.2) is 12.8 Å². The molecule has 0 saturated heterocycles. The summed E-state index contributed by atoms with van der Waals surface area (Å²) in [4.78, 5) is 16.9. The van der Waals surface area contributed by atoms with Crippen LogP contribution in [0.1, 0.15) is 17.2 Å². The third kappa shape index (κ3) is 6.82.